The zero-order valence-corrected chi connectivity index (χ0v) is 22.9. The van der Waals surface area contributed by atoms with E-state index in [0.717, 1.165) is 26.9 Å². The molecule has 0 bridgehead atoms. The number of nitrogens with zero attached hydrogens (tertiary/aromatic N) is 1. The lowest BCUT2D eigenvalue weighted by atomic mass is 10.0. The van der Waals surface area contributed by atoms with E-state index in [2.05, 4.69) is 35.1 Å². The molecule has 3 aromatic rings. The molecule has 6 nitrogen and oxygen atoms in total. The van der Waals surface area contributed by atoms with E-state index in [0.29, 0.717) is 37.6 Å². The van der Waals surface area contributed by atoms with E-state index in [1.54, 1.807) is 4.90 Å². The Morgan fingerprint density at radius 3 is 2.35 bits per heavy atom. The van der Waals surface area contributed by atoms with E-state index in [1.807, 2.05) is 72.8 Å². The Kier molecular flexibility index (Phi) is 9.23. The van der Waals surface area contributed by atoms with Gasteiger partial charge < -0.3 is 19.7 Å². The number of hydrogen-bond acceptors (Lipinski definition) is 4. The molecule has 37 heavy (non-hydrogen) atoms. The normalized spacial score (nSPS) is 12.9. The van der Waals surface area contributed by atoms with Gasteiger partial charge in [0.1, 0.15) is 6.04 Å². The summed E-state index contributed by atoms with van der Waals surface area (Å²) < 4.78 is 11.9. The van der Waals surface area contributed by atoms with Gasteiger partial charge in [0, 0.05) is 30.4 Å². The number of hydrogen-bond donors (Lipinski definition) is 1. The van der Waals surface area contributed by atoms with Crippen molar-refractivity contribution in [3.63, 3.8) is 0 Å². The highest BCUT2D eigenvalue weighted by Crippen LogP contribution is 2.33. The highest BCUT2D eigenvalue weighted by atomic mass is 79.9. The topological polar surface area (TPSA) is 67.9 Å². The van der Waals surface area contributed by atoms with Crippen LogP contribution in [0.4, 0.5) is 0 Å². The largest absolute Gasteiger partial charge is 0.454 e. The van der Waals surface area contributed by atoms with Crippen LogP contribution in [0.3, 0.4) is 0 Å². The summed E-state index contributed by atoms with van der Waals surface area (Å²) in [5.41, 5.74) is 2.97. The number of benzene rings is 3. The molecule has 1 N–H and O–H groups in total. The molecule has 0 aliphatic carbocycles. The zero-order valence-electron chi connectivity index (χ0n) is 21.3. The molecule has 0 aromatic heterocycles. The maximum absolute atomic E-state index is 13.8. The van der Waals surface area contributed by atoms with Crippen molar-refractivity contribution in [3.8, 4) is 11.5 Å². The van der Waals surface area contributed by atoms with Gasteiger partial charge in [-0.05, 0) is 53.3 Å². The van der Waals surface area contributed by atoms with Crippen molar-refractivity contribution in [2.45, 2.75) is 45.7 Å². The molecule has 2 amide bonds. The van der Waals surface area contributed by atoms with Gasteiger partial charge >= 0.3 is 0 Å². The fourth-order valence-corrected chi connectivity index (χ4v) is 4.52. The van der Waals surface area contributed by atoms with Gasteiger partial charge in [0.15, 0.2) is 11.5 Å². The summed E-state index contributed by atoms with van der Waals surface area (Å²) in [7, 11) is 0. The molecular weight excluding hydrogens is 532 g/mol. The van der Waals surface area contributed by atoms with Crippen LogP contribution in [0.25, 0.3) is 0 Å². The average Bonchev–Trinajstić information content (AvgIpc) is 3.37. The van der Waals surface area contributed by atoms with E-state index < -0.39 is 6.04 Å². The van der Waals surface area contributed by atoms with Crippen LogP contribution in [-0.4, -0.2) is 36.1 Å². The molecule has 1 heterocycles. The number of fused-ring (bicyclic) bond motifs is 1. The predicted molar refractivity (Wildman–Crippen MR) is 147 cm³/mol. The van der Waals surface area contributed by atoms with Crippen LogP contribution < -0.4 is 14.8 Å². The van der Waals surface area contributed by atoms with Crippen LogP contribution in [0.1, 0.15) is 37.0 Å². The molecular formula is C30H33BrN2O4. The van der Waals surface area contributed by atoms with Gasteiger partial charge in [-0.3, -0.25) is 9.59 Å². The maximum Gasteiger partial charge on any atom is 0.243 e. The minimum atomic E-state index is -0.631. The molecule has 0 spiro atoms. The van der Waals surface area contributed by atoms with E-state index >= 15 is 0 Å². The average molecular weight is 566 g/mol. The monoisotopic (exact) mass is 564 g/mol. The third kappa shape index (κ3) is 7.59. The number of aryl methyl sites for hydroxylation is 1. The van der Waals surface area contributed by atoms with Crippen molar-refractivity contribution in [2.24, 2.45) is 5.92 Å². The van der Waals surface area contributed by atoms with Gasteiger partial charge in [-0.1, -0.05) is 78.3 Å². The van der Waals surface area contributed by atoms with E-state index in [-0.39, 0.29) is 25.0 Å². The zero-order chi connectivity index (χ0) is 26.2. The van der Waals surface area contributed by atoms with Crippen molar-refractivity contribution in [2.75, 3.05) is 13.3 Å². The van der Waals surface area contributed by atoms with Crippen LogP contribution in [0, 0.1) is 5.92 Å². The summed E-state index contributed by atoms with van der Waals surface area (Å²) >= 11 is 3.48. The molecule has 0 fully saturated rings. The van der Waals surface area contributed by atoms with E-state index in [9.17, 15) is 9.59 Å². The highest BCUT2D eigenvalue weighted by molar-refractivity contribution is 9.10. The van der Waals surface area contributed by atoms with Crippen LogP contribution in [0.5, 0.6) is 11.5 Å². The third-order valence-corrected chi connectivity index (χ3v) is 6.81. The fourth-order valence-electron chi connectivity index (χ4n) is 4.25. The first-order valence-electron chi connectivity index (χ1n) is 12.6. The first-order chi connectivity index (χ1) is 17.9. The van der Waals surface area contributed by atoms with Gasteiger partial charge in [-0.2, -0.15) is 0 Å². The Labute approximate surface area is 227 Å². The van der Waals surface area contributed by atoms with Crippen LogP contribution in [-0.2, 0) is 29.0 Å². The number of rotatable bonds is 11. The summed E-state index contributed by atoms with van der Waals surface area (Å²) in [6, 6.07) is 22.9. The number of halogens is 1. The summed E-state index contributed by atoms with van der Waals surface area (Å²) in [5.74, 6) is 1.53. The Morgan fingerprint density at radius 1 is 0.919 bits per heavy atom. The van der Waals surface area contributed by atoms with Crippen LogP contribution in [0.2, 0.25) is 0 Å². The molecule has 7 heteroatoms. The predicted octanol–water partition coefficient (Wildman–Crippen LogP) is 5.52. The molecule has 3 aromatic carbocycles. The lowest BCUT2D eigenvalue weighted by Crippen LogP contribution is -2.51. The minimum absolute atomic E-state index is 0.0683. The van der Waals surface area contributed by atoms with Crippen molar-refractivity contribution < 1.29 is 19.1 Å². The number of amides is 2. The lowest BCUT2D eigenvalue weighted by Gasteiger charge is -2.32. The summed E-state index contributed by atoms with van der Waals surface area (Å²) in [6.07, 6.45) is 1.26. The van der Waals surface area contributed by atoms with Crippen molar-refractivity contribution in [1.82, 2.24) is 10.2 Å². The first kappa shape index (κ1) is 26.7. The molecule has 4 rings (SSSR count). The quantitative estimate of drug-likeness (QED) is 0.333. The number of carbonyl (C=O) groups excluding carboxylic acids is 2. The second kappa shape index (κ2) is 12.8. The molecule has 1 aliphatic heterocycles. The highest BCUT2D eigenvalue weighted by Gasteiger charge is 2.30. The molecule has 0 radical (unpaired) electrons. The summed E-state index contributed by atoms with van der Waals surface area (Å²) in [4.78, 5) is 29.0. The van der Waals surface area contributed by atoms with E-state index in [4.69, 9.17) is 9.47 Å². The summed E-state index contributed by atoms with van der Waals surface area (Å²) in [5, 5.41) is 3.06. The minimum Gasteiger partial charge on any atom is -0.454 e. The molecule has 0 saturated heterocycles. The third-order valence-electron chi connectivity index (χ3n) is 6.29. The van der Waals surface area contributed by atoms with Gasteiger partial charge in [-0.15, -0.1) is 0 Å². The number of nitrogens with one attached hydrogen (secondary N) is 1. The first-order valence-corrected chi connectivity index (χ1v) is 13.4. The van der Waals surface area contributed by atoms with Crippen molar-refractivity contribution >= 4 is 27.7 Å². The SMILES string of the molecule is CC(C)CNC(=O)[C@H](Cc1ccccc1)N(Cc1ccc(Br)cc1)C(=O)CCc1ccc2c(c1)OCO2. The molecule has 1 aliphatic rings. The molecule has 1 atom stereocenters. The standard InChI is InChI=1S/C30H33BrN2O4/c1-21(2)18-32-30(35)26(16-22-6-4-3-5-7-22)33(19-24-8-12-25(31)13-9-24)29(34)15-11-23-10-14-27-28(17-23)37-20-36-27/h3-10,12-14,17,21,26H,11,15-16,18-20H2,1-2H3,(H,32,35)/t26-/m0/s1. The molecule has 0 saturated carbocycles. The Balaban J connectivity index is 1.58. The van der Waals surface area contributed by atoms with Gasteiger partial charge in [0.25, 0.3) is 0 Å². The number of carbonyl (C=O) groups is 2. The van der Waals surface area contributed by atoms with Crippen molar-refractivity contribution in [1.29, 1.82) is 0 Å². The van der Waals surface area contributed by atoms with Gasteiger partial charge in [-0.25, -0.2) is 0 Å². The second-order valence-corrected chi connectivity index (χ2v) is 10.6. The molecule has 0 unspecified atom stereocenters. The smallest absolute Gasteiger partial charge is 0.243 e. The van der Waals surface area contributed by atoms with Gasteiger partial charge in [0.05, 0.1) is 0 Å². The Morgan fingerprint density at radius 2 is 1.62 bits per heavy atom. The fraction of sp³-hybridized carbons (Fsp3) is 0.333. The van der Waals surface area contributed by atoms with Crippen LogP contribution >= 0.6 is 15.9 Å². The second-order valence-electron chi connectivity index (χ2n) is 9.68. The number of ether oxygens (including phenoxy) is 2. The van der Waals surface area contributed by atoms with Crippen LogP contribution in [0.15, 0.2) is 77.3 Å². The van der Waals surface area contributed by atoms with Crippen molar-refractivity contribution in [3.05, 3.63) is 94.0 Å². The molecule has 194 valence electrons. The Hall–Kier alpha value is -3.32. The Bertz CT molecular complexity index is 1200. The summed E-state index contributed by atoms with van der Waals surface area (Å²) in [6.45, 7) is 5.23. The van der Waals surface area contributed by atoms with E-state index in [1.165, 1.54) is 0 Å². The lowest BCUT2D eigenvalue weighted by molar-refractivity contribution is -0.141. The maximum atomic E-state index is 13.8. The van der Waals surface area contributed by atoms with Gasteiger partial charge in [0.2, 0.25) is 18.6 Å².